The molecule has 80 valence electrons. The molecule has 0 saturated heterocycles. The van der Waals surface area contributed by atoms with Crippen LogP contribution in [0.15, 0.2) is 36.9 Å². The van der Waals surface area contributed by atoms with Crippen molar-refractivity contribution in [2.24, 2.45) is 0 Å². The van der Waals surface area contributed by atoms with Crippen molar-refractivity contribution >= 4 is 5.69 Å². The smallest absolute Gasteiger partial charge is 0.147 e. The van der Waals surface area contributed by atoms with Crippen molar-refractivity contribution in [1.82, 2.24) is 9.55 Å². The molecule has 2 aromatic rings. The van der Waals surface area contributed by atoms with E-state index in [4.69, 9.17) is 5.73 Å². The topological polar surface area (TPSA) is 43.8 Å². The van der Waals surface area contributed by atoms with Gasteiger partial charge in [-0.15, -0.1) is 0 Å². The molecule has 16 heavy (non-hydrogen) atoms. The third-order valence-electron chi connectivity index (χ3n) is 2.05. The SMILES string of the molecule is Nc1ccc(C#CCn2ccnc2)cc1F. The van der Waals surface area contributed by atoms with Gasteiger partial charge in [0.1, 0.15) is 5.82 Å². The Morgan fingerprint density at radius 3 is 3.00 bits per heavy atom. The van der Waals surface area contributed by atoms with E-state index in [0.717, 1.165) is 0 Å². The van der Waals surface area contributed by atoms with Gasteiger partial charge in [-0.05, 0) is 18.2 Å². The number of anilines is 1. The van der Waals surface area contributed by atoms with E-state index in [1.165, 1.54) is 12.1 Å². The molecule has 0 unspecified atom stereocenters. The van der Waals surface area contributed by atoms with Gasteiger partial charge < -0.3 is 10.3 Å². The Hall–Kier alpha value is -2.28. The zero-order valence-electron chi connectivity index (χ0n) is 8.52. The van der Waals surface area contributed by atoms with Crippen molar-refractivity contribution in [3.63, 3.8) is 0 Å². The van der Waals surface area contributed by atoms with Gasteiger partial charge in [0.15, 0.2) is 0 Å². The molecule has 0 saturated carbocycles. The maximum absolute atomic E-state index is 13.1. The molecule has 0 atom stereocenters. The molecule has 0 aliphatic carbocycles. The second-order valence-electron chi connectivity index (χ2n) is 3.27. The minimum absolute atomic E-state index is 0.139. The van der Waals surface area contributed by atoms with E-state index in [9.17, 15) is 4.39 Å². The third-order valence-corrected chi connectivity index (χ3v) is 2.05. The summed E-state index contributed by atoms with van der Waals surface area (Å²) in [5.41, 5.74) is 6.12. The van der Waals surface area contributed by atoms with Crippen molar-refractivity contribution in [3.8, 4) is 11.8 Å². The van der Waals surface area contributed by atoms with E-state index in [0.29, 0.717) is 12.1 Å². The predicted molar refractivity (Wildman–Crippen MR) is 59.9 cm³/mol. The average Bonchev–Trinajstić information content (AvgIpc) is 2.76. The van der Waals surface area contributed by atoms with Crippen LogP contribution in [-0.4, -0.2) is 9.55 Å². The number of halogens is 1. The molecule has 0 amide bonds. The molecule has 0 aliphatic heterocycles. The maximum atomic E-state index is 13.1. The maximum Gasteiger partial charge on any atom is 0.147 e. The number of nitrogens with zero attached hydrogens (tertiary/aromatic N) is 2. The third kappa shape index (κ3) is 2.39. The van der Waals surface area contributed by atoms with Gasteiger partial charge >= 0.3 is 0 Å². The number of imidazole rings is 1. The standard InChI is InChI=1S/C12H10FN3/c13-11-8-10(3-4-12(11)14)2-1-6-16-7-5-15-9-16/h3-5,7-9H,6,14H2. The zero-order valence-corrected chi connectivity index (χ0v) is 8.52. The minimum atomic E-state index is -0.436. The van der Waals surface area contributed by atoms with Gasteiger partial charge in [-0.2, -0.15) is 0 Å². The van der Waals surface area contributed by atoms with Crippen LogP contribution in [0.2, 0.25) is 0 Å². The number of rotatable bonds is 1. The van der Waals surface area contributed by atoms with Crippen molar-refractivity contribution < 1.29 is 4.39 Å². The second-order valence-corrected chi connectivity index (χ2v) is 3.27. The summed E-state index contributed by atoms with van der Waals surface area (Å²) in [5, 5.41) is 0. The molecule has 2 N–H and O–H groups in total. The van der Waals surface area contributed by atoms with Crippen molar-refractivity contribution in [2.75, 3.05) is 5.73 Å². The molecule has 4 heteroatoms. The fraction of sp³-hybridized carbons (Fsp3) is 0.0833. The summed E-state index contributed by atoms with van der Waals surface area (Å²) >= 11 is 0. The Bertz CT molecular complexity index is 535. The Balaban J connectivity index is 2.09. The van der Waals surface area contributed by atoms with Crippen LogP contribution in [0.1, 0.15) is 5.56 Å². The molecule has 0 radical (unpaired) electrons. The molecule has 1 aromatic carbocycles. The number of aromatic nitrogens is 2. The van der Waals surface area contributed by atoms with Crippen LogP contribution in [0.4, 0.5) is 10.1 Å². The lowest BCUT2D eigenvalue weighted by atomic mass is 10.2. The minimum Gasteiger partial charge on any atom is -0.396 e. The summed E-state index contributed by atoms with van der Waals surface area (Å²) in [4.78, 5) is 3.89. The van der Waals surface area contributed by atoms with E-state index in [2.05, 4.69) is 16.8 Å². The number of nitrogen functional groups attached to an aromatic ring is 1. The Morgan fingerprint density at radius 2 is 2.31 bits per heavy atom. The fourth-order valence-corrected chi connectivity index (χ4v) is 1.22. The number of nitrogens with two attached hydrogens (primary N) is 1. The zero-order chi connectivity index (χ0) is 11.4. The largest absolute Gasteiger partial charge is 0.396 e. The molecular formula is C12H10FN3. The average molecular weight is 215 g/mol. The molecule has 0 aliphatic rings. The lowest BCUT2D eigenvalue weighted by molar-refractivity contribution is 0.632. The van der Waals surface area contributed by atoms with Crippen LogP contribution in [0.3, 0.4) is 0 Å². The lowest BCUT2D eigenvalue weighted by Crippen LogP contribution is -1.92. The highest BCUT2D eigenvalue weighted by Gasteiger charge is 1.96. The van der Waals surface area contributed by atoms with Gasteiger partial charge in [-0.25, -0.2) is 9.37 Å². The summed E-state index contributed by atoms with van der Waals surface area (Å²) < 4.78 is 14.9. The van der Waals surface area contributed by atoms with Crippen molar-refractivity contribution in [3.05, 3.63) is 48.3 Å². The molecule has 1 aromatic heterocycles. The first-order valence-electron chi connectivity index (χ1n) is 4.75. The van der Waals surface area contributed by atoms with E-state index >= 15 is 0 Å². The van der Waals surface area contributed by atoms with Crippen LogP contribution in [0.25, 0.3) is 0 Å². The van der Waals surface area contributed by atoms with Crippen LogP contribution < -0.4 is 5.73 Å². The molecule has 0 spiro atoms. The van der Waals surface area contributed by atoms with E-state index in [-0.39, 0.29) is 5.69 Å². The highest BCUT2D eigenvalue weighted by Crippen LogP contribution is 2.10. The summed E-state index contributed by atoms with van der Waals surface area (Å²) in [7, 11) is 0. The quantitative estimate of drug-likeness (QED) is 0.580. The Labute approximate surface area is 92.7 Å². The first kappa shape index (κ1) is 10.2. The van der Waals surface area contributed by atoms with E-state index < -0.39 is 5.82 Å². The van der Waals surface area contributed by atoms with Gasteiger partial charge in [0.05, 0.1) is 18.6 Å². The van der Waals surface area contributed by atoms with Crippen LogP contribution in [0, 0.1) is 17.7 Å². The van der Waals surface area contributed by atoms with Gasteiger partial charge in [0.25, 0.3) is 0 Å². The molecule has 0 fully saturated rings. The monoisotopic (exact) mass is 215 g/mol. The highest BCUT2D eigenvalue weighted by molar-refractivity contribution is 5.46. The second kappa shape index (κ2) is 4.49. The van der Waals surface area contributed by atoms with Crippen LogP contribution in [0.5, 0.6) is 0 Å². The molecular weight excluding hydrogens is 205 g/mol. The molecule has 1 heterocycles. The highest BCUT2D eigenvalue weighted by atomic mass is 19.1. The number of hydrogen-bond acceptors (Lipinski definition) is 2. The van der Waals surface area contributed by atoms with Crippen molar-refractivity contribution in [1.29, 1.82) is 0 Å². The van der Waals surface area contributed by atoms with Gasteiger partial charge in [0.2, 0.25) is 0 Å². The van der Waals surface area contributed by atoms with Crippen LogP contribution in [-0.2, 0) is 6.54 Å². The number of hydrogen-bond donors (Lipinski definition) is 1. The van der Waals surface area contributed by atoms with Crippen molar-refractivity contribution in [2.45, 2.75) is 6.54 Å². The predicted octanol–water partition coefficient (Wildman–Crippen LogP) is 1.66. The number of benzene rings is 1. The lowest BCUT2D eigenvalue weighted by Gasteiger charge is -1.96. The fourth-order valence-electron chi connectivity index (χ4n) is 1.22. The summed E-state index contributed by atoms with van der Waals surface area (Å²) in [6, 6.07) is 4.53. The van der Waals surface area contributed by atoms with Gasteiger partial charge in [-0.3, -0.25) is 0 Å². The summed E-state index contributed by atoms with van der Waals surface area (Å²) in [6.07, 6.45) is 5.18. The molecule has 0 bridgehead atoms. The van der Waals surface area contributed by atoms with E-state index in [1.54, 1.807) is 18.6 Å². The molecule has 3 nitrogen and oxygen atoms in total. The van der Waals surface area contributed by atoms with Crippen LogP contribution >= 0.6 is 0 Å². The Kier molecular flexibility index (Phi) is 2.88. The van der Waals surface area contributed by atoms with Gasteiger partial charge in [0, 0.05) is 18.0 Å². The summed E-state index contributed by atoms with van der Waals surface area (Å²) in [6.45, 7) is 0.534. The van der Waals surface area contributed by atoms with E-state index in [1.807, 2.05) is 10.8 Å². The molecule has 2 rings (SSSR count). The summed E-state index contributed by atoms with van der Waals surface area (Å²) in [5.74, 6) is 5.34. The first-order chi connectivity index (χ1) is 7.75. The Morgan fingerprint density at radius 1 is 1.44 bits per heavy atom. The first-order valence-corrected chi connectivity index (χ1v) is 4.75. The normalized spacial score (nSPS) is 9.56. The van der Waals surface area contributed by atoms with Gasteiger partial charge in [-0.1, -0.05) is 11.8 Å².